The number of ether oxygens (including phenoxy) is 1. The van der Waals surface area contributed by atoms with Gasteiger partial charge in [0.15, 0.2) is 0 Å². The summed E-state index contributed by atoms with van der Waals surface area (Å²) in [6, 6.07) is 0. The van der Waals surface area contributed by atoms with Crippen LogP contribution < -0.4 is 5.32 Å². The van der Waals surface area contributed by atoms with Gasteiger partial charge in [0.25, 0.3) is 0 Å². The highest BCUT2D eigenvalue weighted by Gasteiger charge is 2.12. The van der Waals surface area contributed by atoms with E-state index >= 15 is 0 Å². The summed E-state index contributed by atoms with van der Waals surface area (Å²) in [7, 11) is 0. The Kier molecular flexibility index (Phi) is 43.4. The van der Waals surface area contributed by atoms with Gasteiger partial charge in [0.05, 0.1) is 0 Å². The molecule has 0 bridgehead atoms. The van der Waals surface area contributed by atoms with E-state index in [-0.39, 0.29) is 24.5 Å². The number of carboxylic acids is 1. The number of allylic oxidation sites excluding steroid dienone is 1. The van der Waals surface area contributed by atoms with Gasteiger partial charge >= 0.3 is 11.9 Å². The van der Waals surface area contributed by atoms with Crippen molar-refractivity contribution in [3.05, 3.63) is 12.2 Å². The van der Waals surface area contributed by atoms with Crippen molar-refractivity contribution in [3.63, 3.8) is 0 Å². The molecule has 1 unspecified atom stereocenters. The largest absolute Gasteiger partial charge is 0.480 e. The van der Waals surface area contributed by atoms with Crippen molar-refractivity contribution in [3.8, 4) is 0 Å². The Morgan fingerprint density at radius 2 is 0.818 bits per heavy atom. The van der Waals surface area contributed by atoms with Crippen LogP contribution in [0.15, 0.2) is 12.2 Å². The van der Waals surface area contributed by atoms with Crippen LogP contribution in [0.4, 0.5) is 0 Å². The van der Waals surface area contributed by atoms with E-state index in [0.29, 0.717) is 12.8 Å². The van der Waals surface area contributed by atoms with Gasteiger partial charge in [-0.3, -0.25) is 14.4 Å². The number of carboxylic acid groups (broad SMARTS) is 1. The van der Waals surface area contributed by atoms with Crippen LogP contribution in [-0.4, -0.2) is 35.6 Å². The molecule has 0 fully saturated rings. The van der Waals surface area contributed by atoms with Crippen LogP contribution >= 0.6 is 0 Å². The molecule has 0 aromatic carbocycles. The zero-order valence-corrected chi connectivity index (χ0v) is 36.8. The van der Waals surface area contributed by atoms with Crippen molar-refractivity contribution >= 4 is 17.8 Å². The number of carbonyl (C=O) groups is 3. The van der Waals surface area contributed by atoms with Crippen molar-refractivity contribution in [1.29, 1.82) is 0 Å². The van der Waals surface area contributed by atoms with E-state index in [1.165, 1.54) is 180 Å². The maximum atomic E-state index is 12.8. The van der Waals surface area contributed by atoms with Crippen molar-refractivity contribution in [2.45, 2.75) is 277 Å². The van der Waals surface area contributed by atoms with Gasteiger partial charge in [-0.15, -0.1) is 0 Å². The molecule has 55 heavy (non-hydrogen) atoms. The van der Waals surface area contributed by atoms with Crippen molar-refractivity contribution in [2.24, 2.45) is 0 Å². The highest BCUT2D eigenvalue weighted by atomic mass is 16.5. The Bertz CT molecular complexity index is 858. The summed E-state index contributed by atoms with van der Waals surface area (Å²) in [5, 5.41) is 11.1. The fraction of sp³-hybridized carbons (Fsp3) is 0.898. The molecule has 0 saturated heterocycles. The molecule has 0 aliphatic carbocycles. The number of carbonyl (C=O) groups excluding carboxylic acids is 2. The lowest BCUT2D eigenvalue weighted by Gasteiger charge is -2.15. The predicted molar refractivity (Wildman–Crippen MR) is 236 cm³/mol. The van der Waals surface area contributed by atoms with Gasteiger partial charge < -0.3 is 15.2 Å². The highest BCUT2D eigenvalue weighted by Crippen LogP contribution is 2.18. The Hall–Kier alpha value is -1.85. The van der Waals surface area contributed by atoms with Gasteiger partial charge in [-0.05, 0) is 44.6 Å². The molecule has 0 radical (unpaired) electrons. The molecule has 1 amide bonds. The van der Waals surface area contributed by atoms with Crippen molar-refractivity contribution in [2.75, 3.05) is 6.54 Å². The minimum Gasteiger partial charge on any atom is -0.480 e. The highest BCUT2D eigenvalue weighted by molar-refractivity contribution is 5.80. The molecule has 0 heterocycles. The van der Waals surface area contributed by atoms with Crippen LogP contribution in [0.2, 0.25) is 0 Å². The van der Waals surface area contributed by atoms with Gasteiger partial charge in [-0.1, -0.05) is 225 Å². The first-order valence-electron chi connectivity index (χ1n) is 24.3. The van der Waals surface area contributed by atoms with E-state index in [2.05, 4.69) is 31.3 Å². The summed E-state index contributed by atoms with van der Waals surface area (Å²) >= 11 is 0. The molecular formula is C49H93NO5. The van der Waals surface area contributed by atoms with Crippen molar-refractivity contribution < 1.29 is 24.2 Å². The number of hydrogen-bond acceptors (Lipinski definition) is 4. The summed E-state index contributed by atoms with van der Waals surface area (Å²) in [4.78, 5) is 35.0. The van der Waals surface area contributed by atoms with Crippen LogP contribution in [0.3, 0.4) is 0 Å². The normalized spacial score (nSPS) is 12.0. The third kappa shape index (κ3) is 44.7. The molecule has 6 nitrogen and oxygen atoms in total. The van der Waals surface area contributed by atoms with Crippen LogP contribution in [0.5, 0.6) is 0 Å². The lowest BCUT2D eigenvalue weighted by Crippen LogP contribution is -2.28. The molecular weight excluding hydrogens is 683 g/mol. The van der Waals surface area contributed by atoms with E-state index in [1.54, 1.807) is 0 Å². The molecule has 0 aromatic heterocycles. The Morgan fingerprint density at radius 3 is 1.22 bits per heavy atom. The first-order valence-corrected chi connectivity index (χ1v) is 24.3. The van der Waals surface area contributed by atoms with Crippen LogP contribution in [0.25, 0.3) is 0 Å². The summed E-state index contributed by atoms with van der Waals surface area (Å²) in [5.41, 5.74) is 0. The van der Waals surface area contributed by atoms with Crippen LogP contribution in [-0.2, 0) is 19.1 Å². The predicted octanol–water partition coefficient (Wildman–Crippen LogP) is 15.3. The Labute approximate surface area is 342 Å². The monoisotopic (exact) mass is 776 g/mol. The van der Waals surface area contributed by atoms with Gasteiger partial charge in [-0.2, -0.15) is 0 Å². The van der Waals surface area contributed by atoms with Crippen molar-refractivity contribution in [1.82, 2.24) is 5.32 Å². The smallest absolute Gasteiger partial charge is 0.322 e. The standard InChI is InChI=1S/C49H93NO5/c1-3-5-7-9-11-13-14-15-16-17-18-19-20-21-22-23-24-25-26-28-30-36-40-44-49(54)55-46(41-37-33-29-27-12-10-8-6-4-2)42-38-34-31-32-35-39-43-47(51)50-45-48(52)53/h37,41,46H,3-36,38-40,42-45H2,1-2H3,(H,50,51)(H,52,53)/b41-37-. The maximum Gasteiger partial charge on any atom is 0.322 e. The lowest BCUT2D eigenvalue weighted by molar-refractivity contribution is -0.147. The molecule has 1 atom stereocenters. The zero-order valence-electron chi connectivity index (χ0n) is 36.8. The summed E-state index contributed by atoms with van der Waals surface area (Å²) in [5.74, 6) is -1.25. The van der Waals surface area contributed by atoms with E-state index in [0.717, 1.165) is 64.2 Å². The first kappa shape index (κ1) is 53.1. The quantitative estimate of drug-likeness (QED) is 0.0365. The number of hydrogen-bond donors (Lipinski definition) is 2. The molecule has 6 heteroatoms. The number of nitrogens with one attached hydrogen (secondary N) is 1. The molecule has 0 rings (SSSR count). The molecule has 324 valence electrons. The maximum absolute atomic E-state index is 12.8. The van der Waals surface area contributed by atoms with Crippen LogP contribution in [0, 0.1) is 0 Å². The minimum absolute atomic E-state index is 0.0461. The van der Waals surface area contributed by atoms with E-state index in [1.807, 2.05) is 0 Å². The number of aliphatic carboxylic acids is 1. The first-order chi connectivity index (χ1) is 27.0. The van der Waals surface area contributed by atoms with Gasteiger partial charge in [0, 0.05) is 12.8 Å². The van der Waals surface area contributed by atoms with Gasteiger partial charge in [-0.25, -0.2) is 0 Å². The molecule has 0 aliphatic rings. The lowest BCUT2D eigenvalue weighted by atomic mass is 10.0. The average Bonchev–Trinajstić information content (AvgIpc) is 3.17. The summed E-state index contributed by atoms with van der Waals surface area (Å²) in [6.45, 7) is 4.25. The topological polar surface area (TPSA) is 92.7 Å². The molecule has 0 saturated carbocycles. The fourth-order valence-electron chi connectivity index (χ4n) is 7.55. The van der Waals surface area contributed by atoms with Crippen LogP contribution in [0.1, 0.15) is 271 Å². The molecule has 0 aromatic rings. The zero-order chi connectivity index (χ0) is 40.1. The molecule has 0 spiro atoms. The summed E-state index contributed by atoms with van der Waals surface area (Å²) in [6.07, 6.45) is 53.8. The number of unbranched alkanes of at least 4 members (excludes halogenated alkanes) is 34. The molecule has 2 N–H and O–H groups in total. The number of amides is 1. The Balaban J connectivity index is 3.93. The third-order valence-corrected chi connectivity index (χ3v) is 11.2. The van der Waals surface area contributed by atoms with E-state index < -0.39 is 5.97 Å². The fourth-order valence-corrected chi connectivity index (χ4v) is 7.55. The average molecular weight is 776 g/mol. The Morgan fingerprint density at radius 1 is 0.473 bits per heavy atom. The number of rotatable bonds is 45. The molecule has 0 aliphatic heterocycles. The second kappa shape index (κ2) is 44.9. The van der Waals surface area contributed by atoms with Gasteiger partial charge in [0.1, 0.15) is 12.6 Å². The summed E-state index contributed by atoms with van der Waals surface area (Å²) < 4.78 is 5.97. The van der Waals surface area contributed by atoms with Gasteiger partial charge in [0.2, 0.25) is 5.91 Å². The van der Waals surface area contributed by atoms with E-state index in [4.69, 9.17) is 9.84 Å². The van der Waals surface area contributed by atoms with E-state index in [9.17, 15) is 14.4 Å². The SMILES string of the molecule is CCCCCCCCC/C=C\C(CCCCCCCCC(=O)NCC(=O)O)OC(=O)CCCCCCCCCCCCCCCCCCCCCCCCC. The minimum atomic E-state index is -1.01. The second-order valence-electron chi connectivity index (χ2n) is 16.7. The number of esters is 1. The second-order valence-corrected chi connectivity index (χ2v) is 16.7. The third-order valence-electron chi connectivity index (χ3n) is 11.2.